The van der Waals surface area contributed by atoms with Gasteiger partial charge in [-0.15, -0.1) is 0 Å². The Morgan fingerprint density at radius 1 is 0.879 bits per heavy atom. The van der Waals surface area contributed by atoms with Crippen molar-refractivity contribution in [2.24, 2.45) is 11.8 Å². The van der Waals surface area contributed by atoms with Crippen LogP contribution in [0.15, 0.2) is 90.2 Å². The van der Waals surface area contributed by atoms with Crippen molar-refractivity contribution in [2.75, 3.05) is 4.90 Å². The average molecular weight is 457 g/mol. The highest BCUT2D eigenvalue weighted by molar-refractivity contribution is 6.30. The summed E-state index contributed by atoms with van der Waals surface area (Å²) in [6, 6.07) is 14.6. The van der Waals surface area contributed by atoms with Crippen LogP contribution >= 0.6 is 11.6 Å². The SMILES string of the molecule is O=C(c1ccc(Cl)cc1)C1[C@@H]2C(=O)N(c3ccccc3)C(=O)[C@@H]2C2C3=CCCC=C3C=CN21. The van der Waals surface area contributed by atoms with Crippen LogP contribution in [0.1, 0.15) is 23.2 Å². The number of Topliss-reactive ketones (excluding diaryl/α,β-unsaturated/α-hetero) is 1. The largest absolute Gasteiger partial charge is 0.358 e. The van der Waals surface area contributed by atoms with Crippen molar-refractivity contribution in [1.29, 1.82) is 0 Å². The van der Waals surface area contributed by atoms with Crippen molar-refractivity contribution in [3.63, 3.8) is 0 Å². The second kappa shape index (κ2) is 7.56. The predicted molar refractivity (Wildman–Crippen MR) is 126 cm³/mol. The molecule has 3 aliphatic heterocycles. The second-order valence-corrected chi connectivity index (χ2v) is 9.26. The molecule has 2 aromatic rings. The van der Waals surface area contributed by atoms with Gasteiger partial charge in [0.15, 0.2) is 5.78 Å². The number of hydrogen-bond acceptors (Lipinski definition) is 4. The number of halogens is 1. The zero-order valence-corrected chi connectivity index (χ0v) is 18.5. The molecule has 2 amide bonds. The molecule has 164 valence electrons. The van der Waals surface area contributed by atoms with E-state index in [1.54, 1.807) is 48.5 Å². The van der Waals surface area contributed by atoms with Gasteiger partial charge >= 0.3 is 0 Å². The number of carbonyl (C=O) groups excluding carboxylic acids is 3. The van der Waals surface area contributed by atoms with Crippen LogP contribution in [0.3, 0.4) is 0 Å². The summed E-state index contributed by atoms with van der Waals surface area (Å²) in [6.07, 6.45) is 10.0. The number of para-hydroxylation sites is 1. The van der Waals surface area contributed by atoms with Crippen LogP contribution in [0.4, 0.5) is 5.69 Å². The van der Waals surface area contributed by atoms with Crippen LogP contribution in [0.25, 0.3) is 0 Å². The first-order valence-corrected chi connectivity index (χ1v) is 11.5. The molecule has 0 spiro atoms. The molecule has 4 aliphatic rings. The van der Waals surface area contributed by atoms with Gasteiger partial charge in [-0.25, -0.2) is 4.90 Å². The second-order valence-electron chi connectivity index (χ2n) is 8.82. The summed E-state index contributed by atoms with van der Waals surface area (Å²) in [5, 5.41) is 0.538. The topological polar surface area (TPSA) is 57.7 Å². The monoisotopic (exact) mass is 456 g/mol. The standard InChI is InChI=1S/C27H21ClN2O3/c28-18-12-10-17(11-13-18)25(31)24-22-21(23-20-9-5-4-6-16(20)14-15-29(23)24)26(32)30(27(22)33)19-7-2-1-3-8-19/h1-3,6-15,21-24H,4-5H2/t21-,22+,23?,24?/m0/s1. The van der Waals surface area contributed by atoms with Crippen molar-refractivity contribution in [3.05, 3.63) is 101 Å². The molecule has 5 nitrogen and oxygen atoms in total. The maximum absolute atomic E-state index is 13.8. The van der Waals surface area contributed by atoms with E-state index < -0.39 is 17.9 Å². The van der Waals surface area contributed by atoms with E-state index in [1.807, 2.05) is 23.2 Å². The van der Waals surface area contributed by atoms with E-state index in [4.69, 9.17) is 11.6 Å². The number of amides is 2. The summed E-state index contributed by atoms with van der Waals surface area (Å²) < 4.78 is 0. The van der Waals surface area contributed by atoms with Gasteiger partial charge in [-0.1, -0.05) is 42.0 Å². The van der Waals surface area contributed by atoms with Crippen LogP contribution in [-0.2, 0) is 9.59 Å². The summed E-state index contributed by atoms with van der Waals surface area (Å²) in [5.74, 6) is -2.09. The number of fused-ring (bicyclic) bond motifs is 5. The molecular weight excluding hydrogens is 436 g/mol. The molecule has 2 aromatic carbocycles. The number of imide groups is 1. The number of carbonyl (C=O) groups is 3. The fraction of sp³-hybridized carbons (Fsp3) is 0.222. The van der Waals surface area contributed by atoms with E-state index in [0.717, 1.165) is 24.0 Å². The summed E-state index contributed by atoms with van der Waals surface area (Å²) in [5.41, 5.74) is 3.15. The smallest absolute Gasteiger partial charge is 0.240 e. The molecule has 2 fully saturated rings. The molecule has 1 aliphatic carbocycles. The molecule has 6 heteroatoms. The third-order valence-corrected chi connectivity index (χ3v) is 7.36. The zero-order chi connectivity index (χ0) is 22.7. The van der Waals surface area contributed by atoms with Gasteiger partial charge in [-0.2, -0.15) is 0 Å². The van der Waals surface area contributed by atoms with Crippen molar-refractivity contribution in [1.82, 2.24) is 4.90 Å². The molecule has 33 heavy (non-hydrogen) atoms. The Morgan fingerprint density at radius 2 is 1.58 bits per heavy atom. The molecule has 2 unspecified atom stereocenters. The van der Waals surface area contributed by atoms with Gasteiger partial charge in [0.05, 0.1) is 23.6 Å². The lowest BCUT2D eigenvalue weighted by molar-refractivity contribution is -0.123. The molecule has 0 radical (unpaired) electrons. The van der Waals surface area contributed by atoms with Crippen molar-refractivity contribution < 1.29 is 14.4 Å². The lowest BCUT2D eigenvalue weighted by Crippen LogP contribution is -2.47. The van der Waals surface area contributed by atoms with Crippen LogP contribution in [-0.4, -0.2) is 34.6 Å². The van der Waals surface area contributed by atoms with Gasteiger partial charge in [0, 0.05) is 16.8 Å². The van der Waals surface area contributed by atoms with Crippen LogP contribution < -0.4 is 4.90 Å². The van der Waals surface area contributed by atoms with E-state index >= 15 is 0 Å². The first kappa shape index (κ1) is 20.2. The van der Waals surface area contributed by atoms with Gasteiger partial charge in [0.2, 0.25) is 11.8 Å². The Labute approximate surface area is 196 Å². The number of rotatable bonds is 3. The van der Waals surface area contributed by atoms with E-state index in [-0.39, 0.29) is 23.6 Å². The van der Waals surface area contributed by atoms with Gasteiger partial charge in [-0.3, -0.25) is 14.4 Å². The van der Waals surface area contributed by atoms with Crippen molar-refractivity contribution in [2.45, 2.75) is 24.9 Å². The van der Waals surface area contributed by atoms with E-state index in [1.165, 1.54) is 4.90 Å². The van der Waals surface area contributed by atoms with Gasteiger partial charge in [0.25, 0.3) is 0 Å². The van der Waals surface area contributed by atoms with Crippen molar-refractivity contribution in [3.8, 4) is 0 Å². The Morgan fingerprint density at radius 3 is 2.33 bits per heavy atom. The Kier molecular flexibility index (Phi) is 4.63. The molecule has 2 saturated heterocycles. The first-order valence-electron chi connectivity index (χ1n) is 11.1. The fourth-order valence-corrected chi connectivity index (χ4v) is 5.84. The molecule has 0 N–H and O–H groups in total. The number of nitrogens with zero attached hydrogens (tertiary/aromatic N) is 2. The molecule has 4 atom stereocenters. The van der Waals surface area contributed by atoms with Crippen LogP contribution in [0, 0.1) is 11.8 Å². The lowest BCUT2D eigenvalue weighted by atomic mass is 9.81. The zero-order valence-electron chi connectivity index (χ0n) is 17.7. The maximum atomic E-state index is 13.8. The lowest BCUT2D eigenvalue weighted by Gasteiger charge is -2.37. The molecule has 0 saturated carbocycles. The van der Waals surface area contributed by atoms with Crippen LogP contribution in [0.2, 0.25) is 5.02 Å². The van der Waals surface area contributed by atoms with E-state index in [0.29, 0.717) is 16.3 Å². The quantitative estimate of drug-likeness (QED) is 0.502. The minimum absolute atomic E-state index is 0.172. The van der Waals surface area contributed by atoms with Crippen molar-refractivity contribution >= 4 is 34.9 Å². The summed E-state index contributed by atoms with van der Waals surface area (Å²) in [4.78, 5) is 44.5. The third kappa shape index (κ3) is 2.96. The maximum Gasteiger partial charge on any atom is 0.240 e. The van der Waals surface area contributed by atoms with E-state index in [9.17, 15) is 14.4 Å². The van der Waals surface area contributed by atoms with E-state index in [2.05, 4.69) is 12.2 Å². The van der Waals surface area contributed by atoms with Gasteiger partial charge < -0.3 is 4.90 Å². The molecule has 3 heterocycles. The minimum atomic E-state index is -0.757. The minimum Gasteiger partial charge on any atom is -0.358 e. The Hall–Kier alpha value is -3.44. The first-order chi connectivity index (χ1) is 16.1. The third-order valence-electron chi connectivity index (χ3n) is 7.11. The molecular formula is C27H21ClN2O3. The number of allylic oxidation sites excluding steroid dienone is 3. The molecule has 0 aromatic heterocycles. The average Bonchev–Trinajstić information content (AvgIpc) is 3.32. The molecule has 0 bridgehead atoms. The Bertz CT molecular complexity index is 1260. The number of hydrogen-bond donors (Lipinski definition) is 0. The number of ketones is 1. The number of anilines is 1. The van der Waals surface area contributed by atoms with Gasteiger partial charge in [-0.05, 0) is 66.5 Å². The summed E-state index contributed by atoms with van der Waals surface area (Å²) in [7, 11) is 0. The highest BCUT2D eigenvalue weighted by Crippen LogP contribution is 2.50. The normalized spacial score (nSPS) is 27.7. The number of benzene rings is 2. The fourth-order valence-electron chi connectivity index (χ4n) is 5.71. The highest BCUT2D eigenvalue weighted by Gasteiger charge is 2.64. The summed E-state index contributed by atoms with van der Waals surface area (Å²) >= 11 is 6.03. The Balaban J connectivity index is 1.49. The van der Waals surface area contributed by atoms with Crippen LogP contribution in [0.5, 0.6) is 0 Å². The van der Waals surface area contributed by atoms with Gasteiger partial charge in [0.1, 0.15) is 6.04 Å². The highest BCUT2D eigenvalue weighted by atomic mass is 35.5. The predicted octanol–water partition coefficient (Wildman–Crippen LogP) is 4.56. The molecule has 6 rings (SSSR count). The summed E-state index contributed by atoms with van der Waals surface area (Å²) in [6.45, 7) is 0.